The Morgan fingerprint density at radius 1 is 1.22 bits per heavy atom. The van der Waals surface area contributed by atoms with Gasteiger partial charge in [0.2, 0.25) is 5.91 Å². The van der Waals surface area contributed by atoms with Gasteiger partial charge < -0.3 is 15.5 Å². The number of nitrogens with zero attached hydrogens (tertiary/aromatic N) is 2. The molecule has 0 bridgehead atoms. The second-order valence-electron chi connectivity index (χ2n) is 6.92. The Labute approximate surface area is 160 Å². The number of benzene rings is 1. The summed E-state index contributed by atoms with van der Waals surface area (Å²) in [5.41, 5.74) is 2.87. The predicted molar refractivity (Wildman–Crippen MR) is 105 cm³/mol. The van der Waals surface area contributed by atoms with Gasteiger partial charge in [-0.1, -0.05) is 36.8 Å². The Bertz CT molecular complexity index is 787. The van der Waals surface area contributed by atoms with Crippen molar-refractivity contribution < 1.29 is 9.59 Å². The van der Waals surface area contributed by atoms with Gasteiger partial charge in [-0.05, 0) is 37.5 Å². The highest BCUT2D eigenvalue weighted by atomic mass is 16.2. The average molecular weight is 366 g/mol. The van der Waals surface area contributed by atoms with Crippen LogP contribution in [-0.4, -0.2) is 40.8 Å². The molecule has 0 radical (unpaired) electrons. The molecule has 0 saturated carbocycles. The van der Waals surface area contributed by atoms with Crippen molar-refractivity contribution in [2.24, 2.45) is 0 Å². The average Bonchev–Trinajstić information content (AvgIpc) is 3.02. The summed E-state index contributed by atoms with van der Waals surface area (Å²) in [6.45, 7) is 6.05. The fourth-order valence-corrected chi connectivity index (χ4v) is 3.08. The Balaban J connectivity index is 1.56. The summed E-state index contributed by atoms with van der Waals surface area (Å²) in [4.78, 5) is 30.7. The number of hydrogen-bond donors (Lipinski definition) is 2. The van der Waals surface area contributed by atoms with Gasteiger partial charge in [-0.25, -0.2) is 4.98 Å². The van der Waals surface area contributed by atoms with E-state index in [9.17, 15) is 9.59 Å². The summed E-state index contributed by atoms with van der Waals surface area (Å²) < 4.78 is 0. The lowest BCUT2D eigenvalue weighted by molar-refractivity contribution is -0.128. The molecule has 1 fully saturated rings. The summed E-state index contributed by atoms with van der Waals surface area (Å²) in [5.74, 6) is 0.567. The Hall–Kier alpha value is -2.89. The summed E-state index contributed by atoms with van der Waals surface area (Å²) in [6.07, 6.45) is 3.17. The third-order valence-corrected chi connectivity index (χ3v) is 4.67. The number of aryl methyl sites for hydroxylation is 1. The molecule has 1 aliphatic rings. The fourth-order valence-electron chi connectivity index (χ4n) is 3.08. The van der Waals surface area contributed by atoms with Gasteiger partial charge in [-0.3, -0.25) is 9.59 Å². The molecule has 142 valence electrons. The molecule has 2 heterocycles. The Kier molecular flexibility index (Phi) is 6.06. The summed E-state index contributed by atoms with van der Waals surface area (Å²) in [5, 5.41) is 6.01. The highest BCUT2D eigenvalue weighted by Gasteiger charge is 2.31. The second-order valence-corrected chi connectivity index (χ2v) is 6.92. The molecule has 1 aliphatic heterocycles. The van der Waals surface area contributed by atoms with Crippen LogP contribution >= 0.6 is 0 Å². The molecule has 2 aromatic rings. The van der Waals surface area contributed by atoms with E-state index in [1.54, 1.807) is 12.1 Å². The lowest BCUT2D eigenvalue weighted by Crippen LogP contribution is -2.33. The standard InChI is InChI=1S/C21H26N4O2/c1-3-11-22-20(26)17-8-9-19(23-13-17)24-18-10-12-25(21(18)27)14-16-6-4-15(2)5-7-16/h4-9,13,18H,3,10-12,14H2,1-2H3,(H,22,26)(H,23,24). The van der Waals surface area contributed by atoms with Crippen molar-refractivity contribution in [1.82, 2.24) is 15.2 Å². The van der Waals surface area contributed by atoms with Crippen LogP contribution in [0.5, 0.6) is 0 Å². The van der Waals surface area contributed by atoms with E-state index < -0.39 is 0 Å². The lowest BCUT2D eigenvalue weighted by Gasteiger charge is -2.17. The molecule has 27 heavy (non-hydrogen) atoms. The van der Waals surface area contributed by atoms with E-state index in [1.807, 2.05) is 11.8 Å². The quantitative estimate of drug-likeness (QED) is 0.790. The number of hydrogen-bond acceptors (Lipinski definition) is 4. The summed E-state index contributed by atoms with van der Waals surface area (Å²) >= 11 is 0. The van der Waals surface area contributed by atoms with Crippen LogP contribution in [0.3, 0.4) is 0 Å². The van der Waals surface area contributed by atoms with Crippen LogP contribution in [0.1, 0.15) is 41.3 Å². The van der Waals surface area contributed by atoms with Crippen molar-refractivity contribution >= 4 is 17.6 Å². The molecule has 6 heteroatoms. The van der Waals surface area contributed by atoms with E-state index in [0.717, 1.165) is 24.9 Å². The van der Waals surface area contributed by atoms with Gasteiger partial charge >= 0.3 is 0 Å². The highest BCUT2D eigenvalue weighted by Crippen LogP contribution is 2.19. The van der Waals surface area contributed by atoms with Gasteiger partial charge in [0.05, 0.1) is 5.56 Å². The number of carbonyl (C=O) groups is 2. The summed E-state index contributed by atoms with van der Waals surface area (Å²) in [6, 6.07) is 11.4. The van der Waals surface area contributed by atoms with E-state index >= 15 is 0 Å². The van der Waals surface area contributed by atoms with E-state index in [0.29, 0.717) is 24.5 Å². The molecule has 0 aliphatic carbocycles. The van der Waals surface area contributed by atoms with Crippen LogP contribution in [0.15, 0.2) is 42.6 Å². The van der Waals surface area contributed by atoms with Crippen molar-refractivity contribution in [3.8, 4) is 0 Å². The first kappa shape index (κ1) is 18.9. The van der Waals surface area contributed by atoms with Gasteiger partial charge in [0.15, 0.2) is 0 Å². The first-order chi connectivity index (χ1) is 13.1. The van der Waals surface area contributed by atoms with Crippen molar-refractivity contribution in [3.63, 3.8) is 0 Å². The highest BCUT2D eigenvalue weighted by molar-refractivity contribution is 5.94. The molecule has 2 amide bonds. The van der Waals surface area contributed by atoms with Crippen molar-refractivity contribution in [2.45, 2.75) is 39.3 Å². The number of aromatic nitrogens is 1. The number of nitrogens with one attached hydrogen (secondary N) is 2. The number of likely N-dealkylation sites (tertiary alicyclic amines) is 1. The van der Waals surface area contributed by atoms with E-state index in [4.69, 9.17) is 0 Å². The van der Waals surface area contributed by atoms with Gasteiger partial charge in [-0.2, -0.15) is 0 Å². The van der Waals surface area contributed by atoms with Crippen LogP contribution < -0.4 is 10.6 Å². The molecular formula is C21H26N4O2. The van der Waals surface area contributed by atoms with Gasteiger partial charge in [-0.15, -0.1) is 0 Å². The third-order valence-electron chi connectivity index (χ3n) is 4.67. The molecule has 1 aromatic heterocycles. The number of rotatable bonds is 7. The smallest absolute Gasteiger partial charge is 0.252 e. The molecular weight excluding hydrogens is 340 g/mol. The van der Waals surface area contributed by atoms with Crippen molar-refractivity contribution in [3.05, 3.63) is 59.3 Å². The Morgan fingerprint density at radius 2 is 2.00 bits per heavy atom. The SMILES string of the molecule is CCCNC(=O)c1ccc(NC2CCN(Cc3ccc(C)cc3)C2=O)nc1. The minimum Gasteiger partial charge on any atom is -0.358 e. The van der Waals surface area contributed by atoms with Crippen LogP contribution in [0.2, 0.25) is 0 Å². The molecule has 3 rings (SSSR count). The number of anilines is 1. The van der Waals surface area contributed by atoms with Crippen LogP contribution in [0.25, 0.3) is 0 Å². The molecule has 1 atom stereocenters. The minimum atomic E-state index is -0.275. The van der Waals surface area contributed by atoms with Gasteiger partial charge in [0.25, 0.3) is 5.91 Å². The van der Waals surface area contributed by atoms with Gasteiger partial charge in [0, 0.05) is 25.8 Å². The predicted octanol–water partition coefficient (Wildman–Crippen LogP) is 2.74. The normalized spacial score (nSPS) is 16.4. The first-order valence-electron chi connectivity index (χ1n) is 9.42. The maximum atomic E-state index is 12.6. The largest absolute Gasteiger partial charge is 0.358 e. The number of amides is 2. The molecule has 1 saturated heterocycles. The van der Waals surface area contributed by atoms with Gasteiger partial charge in [0.1, 0.15) is 11.9 Å². The third kappa shape index (κ3) is 4.84. The fraction of sp³-hybridized carbons (Fsp3) is 0.381. The summed E-state index contributed by atoms with van der Waals surface area (Å²) in [7, 11) is 0. The first-order valence-corrected chi connectivity index (χ1v) is 9.42. The zero-order valence-electron chi connectivity index (χ0n) is 15.9. The van der Waals surface area contributed by atoms with Crippen molar-refractivity contribution in [2.75, 3.05) is 18.4 Å². The maximum absolute atomic E-state index is 12.6. The number of pyridine rings is 1. The van der Waals surface area contributed by atoms with Crippen LogP contribution in [0.4, 0.5) is 5.82 Å². The monoisotopic (exact) mass is 366 g/mol. The van der Waals surface area contributed by atoms with E-state index in [2.05, 4.69) is 46.8 Å². The molecule has 0 spiro atoms. The zero-order valence-corrected chi connectivity index (χ0v) is 15.9. The Morgan fingerprint density at radius 3 is 2.67 bits per heavy atom. The van der Waals surface area contributed by atoms with Crippen molar-refractivity contribution in [1.29, 1.82) is 0 Å². The zero-order chi connectivity index (χ0) is 19.2. The molecule has 1 aromatic carbocycles. The lowest BCUT2D eigenvalue weighted by atomic mass is 10.1. The maximum Gasteiger partial charge on any atom is 0.252 e. The number of carbonyl (C=O) groups excluding carboxylic acids is 2. The molecule has 1 unspecified atom stereocenters. The topological polar surface area (TPSA) is 74.3 Å². The van der Waals surface area contributed by atoms with Crippen LogP contribution in [0, 0.1) is 6.92 Å². The van der Waals surface area contributed by atoms with Crippen LogP contribution in [-0.2, 0) is 11.3 Å². The van der Waals surface area contributed by atoms with E-state index in [-0.39, 0.29) is 17.9 Å². The molecule has 2 N–H and O–H groups in total. The second kappa shape index (κ2) is 8.66. The van der Waals surface area contributed by atoms with E-state index in [1.165, 1.54) is 11.8 Å². The molecule has 6 nitrogen and oxygen atoms in total. The minimum absolute atomic E-state index is 0.0853.